The van der Waals surface area contributed by atoms with Gasteiger partial charge in [-0.1, -0.05) is 42.5 Å². The lowest BCUT2D eigenvalue weighted by atomic mass is 10.2. The number of fused-ring (bicyclic) bond motifs is 2. The molecule has 0 saturated heterocycles. The molecule has 0 spiro atoms. The van der Waals surface area contributed by atoms with Gasteiger partial charge in [-0.2, -0.15) is 0 Å². The Hall–Kier alpha value is -3.65. The Morgan fingerprint density at radius 3 is 2.74 bits per heavy atom. The number of amides is 1. The summed E-state index contributed by atoms with van der Waals surface area (Å²) < 4.78 is 13.4. The minimum Gasteiger partial charge on any atom is -0.486 e. The van der Waals surface area contributed by atoms with E-state index in [9.17, 15) is 9.59 Å². The van der Waals surface area contributed by atoms with Gasteiger partial charge >= 0.3 is 0 Å². The van der Waals surface area contributed by atoms with Gasteiger partial charge in [-0.3, -0.25) is 14.2 Å². The maximum absolute atomic E-state index is 12.9. The number of para-hydroxylation sites is 2. The van der Waals surface area contributed by atoms with Crippen LogP contribution in [0.15, 0.2) is 71.8 Å². The first kappa shape index (κ1) is 19.3. The molecule has 8 heteroatoms. The molecular weight excluding hydrogens is 414 g/mol. The first-order chi connectivity index (χ1) is 15.2. The van der Waals surface area contributed by atoms with E-state index in [1.165, 1.54) is 22.2 Å². The Kier molecular flexibility index (Phi) is 5.13. The number of nitrogens with one attached hydrogen (secondary N) is 1. The highest BCUT2D eigenvalue weighted by Gasteiger charge is 2.21. The van der Waals surface area contributed by atoms with E-state index in [1.54, 1.807) is 0 Å². The van der Waals surface area contributed by atoms with Gasteiger partial charge in [0.05, 0.1) is 18.4 Å². The molecule has 156 valence electrons. The second-order valence-electron chi connectivity index (χ2n) is 7.17. The Morgan fingerprint density at radius 1 is 1.13 bits per heavy atom. The van der Waals surface area contributed by atoms with Crippen molar-refractivity contribution in [3.63, 3.8) is 0 Å². The number of ether oxygens (including phenoxy) is 2. The predicted octanol–water partition coefficient (Wildman–Crippen LogP) is 3.08. The molecule has 1 unspecified atom stereocenters. The molecule has 7 nitrogen and oxygen atoms in total. The minimum absolute atomic E-state index is 0.107. The lowest BCUT2D eigenvalue weighted by Crippen LogP contribution is -2.42. The average Bonchev–Trinajstić information content (AvgIpc) is 3.25. The van der Waals surface area contributed by atoms with Gasteiger partial charge in [0, 0.05) is 4.88 Å². The molecule has 5 rings (SSSR count). The van der Waals surface area contributed by atoms with Crippen LogP contribution < -0.4 is 20.3 Å². The highest BCUT2D eigenvalue weighted by atomic mass is 32.1. The minimum atomic E-state index is -0.290. The summed E-state index contributed by atoms with van der Waals surface area (Å²) in [5.74, 6) is 1.07. The third-order valence-electron chi connectivity index (χ3n) is 4.97. The molecule has 1 N–H and O–H groups in total. The zero-order chi connectivity index (χ0) is 21.2. The number of nitrogens with zero attached hydrogens (tertiary/aromatic N) is 2. The number of hydrogen-bond acceptors (Lipinski definition) is 6. The van der Waals surface area contributed by atoms with Gasteiger partial charge in [0.1, 0.15) is 24.0 Å². The van der Waals surface area contributed by atoms with Crippen molar-refractivity contribution in [3.8, 4) is 21.9 Å². The van der Waals surface area contributed by atoms with E-state index in [2.05, 4.69) is 10.3 Å². The molecule has 4 aromatic rings. The number of carbonyl (C=O) groups is 1. The second kappa shape index (κ2) is 8.23. The Bertz CT molecular complexity index is 1300. The van der Waals surface area contributed by atoms with Crippen molar-refractivity contribution < 1.29 is 14.3 Å². The number of thiophene rings is 1. The first-order valence-corrected chi connectivity index (χ1v) is 10.7. The Morgan fingerprint density at radius 2 is 1.90 bits per heavy atom. The largest absolute Gasteiger partial charge is 0.486 e. The van der Waals surface area contributed by atoms with Gasteiger partial charge in [0.2, 0.25) is 5.91 Å². The van der Waals surface area contributed by atoms with Crippen molar-refractivity contribution in [2.45, 2.75) is 12.6 Å². The molecule has 0 fully saturated rings. The number of rotatable bonds is 5. The molecule has 1 amide bonds. The molecule has 3 heterocycles. The van der Waals surface area contributed by atoms with E-state index in [-0.39, 0.29) is 30.7 Å². The summed E-state index contributed by atoms with van der Waals surface area (Å²) in [4.78, 5) is 30.6. The maximum Gasteiger partial charge on any atom is 0.271 e. The van der Waals surface area contributed by atoms with Crippen molar-refractivity contribution in [1.29, 1.82) is 0 Å². The van der Waals surface area contributed by atoms with Crippen molar-refractivity contribution in [3.05, 3.63) is 77.3 Å². The highest BCUT2D eigenvalue weighted by Crippen LogP contribution is 2.31. The van der Waals surface area contributed by atoms with Gasteiger partial charge in [-0.15, -0.1) is 11.3 Å². The molecule has 0 aliphatic carbocycles. The Labute approximate surface area is 181 Å². The van der Waals surface area contributed by atoms with Crippen LogP contribution in [0.5, 0.6) is 11.5 Å². The van der Waals surface area contributed by atoms with Gasteiger partial charge in [0.15, 0.2) is 11.5 Å². The van der Waals surface area contributed by atoms with Crippen LogP contribution in [0.1, 0.15) is 0 Å². The normalized spacial score (nSPS) is 15.0. The Balaban J connectivity index is 1.25. The number of carbonyl (C=O) groups excluding carboxylic acids is 1. The van der Waals surface area contributed by atoms with Crippen LogP contribution in [-0.2, 0) is 11.3 Å². The van der Waals surface area contributed by atoms with Crippen LogP contribution >= 0.6 is 11.3 Å². The molecule has 0 bridgehead atoms. The molecule has 1 atom stereocenters. The van der Waals surface area contributed by atoms with Gasteiger partial charge in [-0.25, -0.2) is 4.98 Å². The topological polar surface area (TPSA) is 82.5 Å². The van der Waals surface area contributed by atoms with Crippen molar-refractivity contribution in [1.82, 2.24) is 14.9 Å². The number of benzene rings is 2. The van der Waals surface area contributed by atoms with Crippen LogP contribution in [-0.4, -0.2) is 34.7 Å². The predicted molar refractivity (Wildman–Crippen MR) is 119 cm³/mol. The van der Waals surface area contributed by atoms with Crippen LogP contribution in [0.4, 0.5) is 0 Å². The van der Waals surface area contributed by atoms with Gasteiger partial charge in [0.25, 0.3) is 5.56 Å². The lowest BCUT2D eigenvalue weighted by molar-refractivity contribution is -0.122. The molecule has 0 saturated carbocycles. The van der Waals surface area contributed by atoms with E-state index in [0.717, 1.165) is 10.4 Å². The molecule has 1 aliphatic heterocycles. The monoisotopic (exact) mass is 433 g/mol. The fourth-order valence-corrected chi connectivity index (χ4v) is 4.47. The maximum atomic E-state index is 12.9. The first-order valence-electron chi connectivity index (χ1n) is 9.87. The third kappa shape index (κ3) is 4.02. The third-order valence-corrected chi connectivity index (χ3v) is 6.13. The van der Waals surface area contributed by atoms with E-state index in [1.807, 2.05) is 60.7 Å². The SMILES string of the molecule is O=C(Cn1cnc2cc(-c3ccccc3)sc2c1=O)NCC1COc2ccccc2O1. The van der Waals surface area contributed by atoms with E-state index in [0.29, 0.717) is 28.3 Å². The van der Waals surface area contributed by atoms with Crippen LogP contribution in [0.3, 0.4) is 0 Å². The van der Waals surface area contributed by atoms with E-state index >= 15 is 0 Å². The average molecular weight is 433 g/mol. The summed E-state index contributed by atoms with van der Waals surface area (Å²) in [6, 6.07) is 19.2. The molecular formula is C23H19N3O4S. The van der Waals surface area contributed by atoms with E-state index in [4.69, 9.17) is 9.47 Å². The number of aromatic nitrogens is 2. The summed E-state index contributed by atoms with van der Waals surface area (Å²) in [7, 11) is 0. The molecule has 1 aliphatic rings. The molecule has 31 heavy (non-hydrogen) atoms. The van der Waals surface area contributed by atoms with Crippen molar-refractivity contribution >= 4 is 27.5 Å². The lowest BCUT2D eigenvalue weighted by Gasteiger charge is -2.26. The smallest absolute Gasteiger partial charge is 0.271 e. The van der Waals surface area contributed by atoms with Gasteiger partial charge < -0.3 is 14.8 Å². The van der Waals surface area contributed by atoms with Crippen LogP contribution in [0.25, 0.3) is 20.7 Å². The van der Waals surface area contributed by atoms with Crippen molar-refractivity contribution in [2.75, 3.05) is 13.2 Å². The van der Waals surface area contributed by atoms with Gasteiger partial charge in [-0.05, 0) is 23.8 Å². The summed E-state index contributed by atoms with van der Waals surface area (Å²) in [6.45, 7) is 0.529. The van der Waals surface area contributed by atoms with E-state index < -0.39 is 0 Å². The highest BCUT2D eigenvalue weighted by molar-refractivity contribution is 7.22. The fourth-order valence-electron chi connectivity index (χ4n) is 3.40. The van der Waals surface area contributed by atoms with Crippen LogP contribution in [0.2, 0.25) is 0 Å². The zero-order valence-electron chi connectivity index (χ0n) is 16.5. The molecule has 2 aromatic heterocycles. The summed E-state index contributed by atoms with van der Waals surface area (Å²) in [5.41, 5.74) is 1.45. The van der Waals surface area contributed by atoms with Crippen molar-refractivity contribution in [2.24, 2.45) is 0 Å². The summed E-state index contributed by atoms with van der Waals surface area (Å²) in [5, 5.41) is 2.81. The second-order valence-corrected chi connectivity index (χ2v) is 8.22. The standard InChI is InChI=1S/C23H19N3O4S/c27-21(24-11-16-13-29-18-8-4-5-9-19(18)30-16)12-26-14-25-17-10-20(31-22(17)23(26)28)15-6-2-1-3-7-15/h1-10,14,16H,11-13H2,(H,24,27). The number of hydrogen-bond donors (Lipinski definition) is 1. The molecule has 2 aromatic carbocycles. The van der Waals surface area contributed by atoms with Crippen LogP contribution in [0, 0.1) is 0 Å². The summed E-state index contributed by atoms with van der Waals surface area (Å²) >= 11 is 1.38. The quantitative estimate of drug-likeness (QED) is 0.523. The fraction of sp³-hybridized carbons (Fsp3) is 0.174. The molecule has 0 radical (unpaired) electrons. The summed E-state index contributed by atoms with van der Waals surface area (Å²) in [6.07, 6.45) is 1.13. The zero-order valence-corrected chi connectivity index (χ0v) is 17.3.